The zero-order chi connectivity index (χ0) is 20.1. The third kappa shape index (κ3) is 4.69. The molecule has 3 rings (SSSR count). The fraction of sp³-hybridized carbons (Fsp3) is 0.150. The minimum atomic E-state index is -0.581. The summed E-state index contributed by atoms with van der Waals surface area (Å²) < 4.78 is 6.84. The van der Waals surface area contributed by atoms with Crippen LogP contribution in [0.4, 0.5) is 5.69 Å². The van der Waals surface area contributed by atoms with Crippen molar-refractivity contribution in [1.82, 2.24) is 9.78 Å². The van der Waals surface area contributed by atoms with Gasteiger partial charge in [0.2, 0.25) is 0 Å². The zero-order valence-electron chi connectivity index (χ0n) is 15.2. The second kappa shape index (κ2) is 8.58. The van der Waals surface area contributed by atoms with E-state index in [0.29, 0.717) is 29.2 Å². The van der Waals surface area contributed by atoms with Crippen molar-refractivity contribution in [2.75, 3.05) is 11.9 Å². The van der Waals surface area contributed by atoms with Crippen LogP contribution in [0.5, 0.6) is 5.75 Å². The highest BCUT2D eigenvalue weighted by atomic mass is 35.5. The summed E-state index contributed by atoms with van der Waals surface area (Å²) in [5, 5.41) is 7.42. The number of hydrogen-bond donors (Lipinski definition) is 2. The molecule has 2 amide bonds. The van der Waals surface area contributed by atoms with Gasteiger partial charge >= 0.3 is 0 Å². The van der Waals surface area contributed by atoms with Gasteiger partial charge in [-0.2, -0.15) is 5.10 Å². The van der Waals surface area contributed by atoms with E-state index in [-0.39, 0.29) is 17.7 Å². The van der Waals surface area contributed by atoms with Gasteiger partial charge in [0, 0.05) is 11.8 Å². The molecule has 28 heavy (non-hydrogen) atoms. The molecule has 0 saturated heterocycles. The number of aromatic nitrogens is 2. The van der Waals surface area contributed by atoms with Crippen LogP contribution in [0.1, 0.15) is 21.6 Å². The Balaban J connectivity index is 1.76. The summed E-state index contributed by atoms with van der Waals surface area (Å²) in [6.07, 6.45) is 0. The topological polar surface area (TPSA) is 99.2 Å². The van der Waals surface area contributed by atoms with Crippen molar-refractivity contribution in [2.24, 2.45) is 5.73 Å². The van der Waals surface area contributed by atoms with Crippen LogP contribution in [-0.4, -0.2) is 28.2 Å². The van der Waals surface area contributed by atoms with Crippen molar-refractivity contribution in [2.45, 2.75) is 13.5 Å². The number of nitrogens with zero attached hydrogens (tertiary/aromatic N) is 2. The molecule has 0 aliphatic heterocycles. The van der Waals surface area contributed by atoms with Crippen LogP contribution in [0.15, 0.2) is 54.6 Å². The molecule has 144 valence electrons. The quantitative estimate of drug-likeness (QED) is 0.639. The number of halogens is 1. The minimum Gasteiger partial charge on any atom is -0.484 e. The number of carbonyl (C=O) groups is 2. The molecule has 3 N–H and O–H groups in total. The number of benzene rings is 2. The number of amides is 2. The lowest BCUT2D eigenvalue weighted by atomic mass is 10.2. The van der Waals surface area contributed by atoms with E-state index in [4.69, 9.17) is 22.1 Å². The number of primary amides is 1. The molecule has 8 heteroatoms. The monoisotopic (exact) mass is 398 g/mol. The van der Waals surface area contributed by atoms with E-state index in [2.05, 4.69) is 10.4 Å². The van der Waals surface area contributed by atoms with Crippen LogP contribution in [0.25, 0.3) is 0 Å². The Morgan fingerprint density at radius 1 is 1.18 bits per heavy atom. The summed E-state index contributed by atoms with van der Waals surface area (Å²) in [4.78, 5) is 23.6. The molecule has 0 radical (unpaired) electrons. The van der Waals surface area contributed by atoms with Crippen molar-refractivity contribution in [3.8, 4) is 5.75 Å². The molecule has 0 aliphatic rings. The number of ether oxygens (including phenoxy) is 1. The van der Waals surface area contributed by atoms with Gasteiger partial charge in [0.25, 0.3) is 11.8 Å². The molecular weight excluding hydrogens is 380 g/mol. The number of hydrogen-bond acceptors (Lipinski definition) is 4. The zero-order valence-corrected chi connectivity index (χ0v) is 15.9. The predicted molar refractivity (Wildman–Crippen MR) is 107 cm³/mol. The molecule has 0 aliphatic carbocycles. The molecule has 0 saturated carbocycles. The summed E-state index contributed by atoms with van der Waals surface area (Å²) in [5.41, 5.74) is 7.43. The molecule has 1 aromatic heterocycles. The number of aryl methyl sites for hydroxylation is 1. The molecule has 1 heterocycles. The number of nitrogens with one attached hydrogen (secondary N) is 1. The van der Waals surface area contributed by atoms with Gasteiger partial charge in [0.05, 0.1) is 17.8 Å². The SMILES string of the molecule is Cc1nn(Cc2ccccc2)c(Cl)c1C(=O)Nc1cccc(OCC(N)=O)c1. The second-order valence-electron chi connectivity index (χ2n) is 6.13. The highest BCUT2D eigenvalue weighted by Gasteiger charge is 2.20. The van der Waals surface area contributed by atoms with E-state index in [1.807, 2.05) is 30.3 Å². The first kappa shape index (κ1) is 19.4. The van der Waals surface area contributed by atoms with Gasteiger partial charge in [0.15, 0.2) is 6.61 Å². The highest BCUT2D eigenvalue weighted by Crippen LogP contribution is 2.24. The van der Waals surface area contributed by atoms with Crippen LogP contribution >= 0.6 is 11.6 Å². The Morgan fingerprint density at radius 3 is 2.64 bits per heavy atom. The van der Waals surface area contributed by atoms with Crippen LogP contribution in [0.2, 0.25) is 5.15 Å². The molecule has 0 fully saturated rings. The van der Waals surface area contributed by atoms with E-state index >= 15 is 0 Å². The van der Waals surface area contributed by atoms with Gasteiger partial charge in [-0.3, -0.25) is 9.59 Å². The fourth-order valence-electron chi connectivity index (χ4n) is 2.68. The molecule has 3 aromatic rings. The van der Waals surface area contributed by atoms with E-state index < -0.39 is 5.91 Å². The Hall–Kier alpha value is -3.32. The lowest BCUT2D eigenvalue weighted by Crippen LogP contribution is -2.20. The lowest BCUT2D eigenvalue weighted by molar-refractivity contribution is -0.119. The third-order valence-electron chi connectivity index (χ3n) is 3.94. The van der Waals surface area contributed by atoms with Crippen LogP contribution in [-0.2, 0) is 11.3 Å². The summed E-state index contributed by atoms with van der Waals surface area (Å²) in [6.45, 7) is 1.95. The molecule has 0 unspecified atom stereocenters. The number of rotatable bonds is 7. The van der Waals surface area contributed by atoms with Gasteiger partial charge < -0.3 is 15.8 Å². The maximum absolute atomic E-state index is 12.7. The summed E-state index contributed by atoms with van der Waals surface area (Å²) in [7, 11) is 0. The van der Waals surface area contributed by atoms with Crippen molar-refractivity contribution >= 4 is 29.1 Å². The van der Waals surface area contributed by atoms with Crippen molar-refractivity contribution in [1.29, 1.82) is 0 Å². The van der Waals surface area contributed by atoms with Gasteiger partial charge in [-0.05, 0) is 24.6 Å². The first-order valence-electron chi connectivity index (χ1n) is 8.53. The standard InChI is InChI=1S/C20H19ClN4O3/c1-13-18(19(21)25(24-13)11-14-6-3-2-4-7-14)20(27)23-15-8-5-9-16(10-15)28-12-17(22)26/h2-10H,11-12H2,1H3,(H2,22,26)(H,23,27). The van der Waals surface area contributed by atoms with Gasteiger partial charge in [0.1, 0.15) is 10.9 Å². The molecule has 7 nitrogen and oxygen atoms in total. The van der Waals surface area contributed by atoms with Crippen LogP contribution < -0.4 is 15.8 Å². The Labute approximate surface area is 167 Å². The summed E-state index contributed by atoms with van der Waals surface area (Å²) >= 11 is 6.42. The van der Waals surface area contributed by atoms with Crippen molar-refractivity contribution in [3.05, 3.63) is 76.6 Å². The van der Waals surface area contributed by atoms with Gasteiger partial charge in [-0.1, -0.05) is 48.0 Å². The Kier molecular flexibility index (Phi) is 5.96. The lowest BCUT2D eigenvalue weighted by Gasteiger charge is -2.08. The second-order valence-corrected chi connectivity index (χ2v) is 6.49. The van der Waals surface area contributed by atoms with E-state index in [1.54, 1.807) is 35.9 Å². The van der Waals surface area contributed by atoms with Crippen LogP contribution in [0.3, 0.4) is 0 Å². The highest BCUT2D eigenvalue weighted by molar-refractivity contribution is 6.33. The molecule has 2 aromatic carbocycles. The van der Waals surface area contributed by atoms with Crippen molar-refractivity contribution < 1.29 is 14.3 Å². The number of carbonyl (C=O) groups excluding carboxylic acids is 2. The van der Waals surface area contributed by atoms with Crippen molar-refractivity contribution in [3.63, 3.8) is 0 Å². The largest absolute Gasteiger partial charge is 0.484 e. The van der Waals surface area contributed by atoms with Gasteiger partial charge in [-0.15, -0.1) is 0 Å². The summed E-state index contributed by atoms with van der Waals surface area (Å²) in [6, 6.07) is 16.4. The molecule has 0 bridgehead atoms. The third-order valence-corrected chi connectivity index (χ3v) is 4.32. The minimum absolute atomic E-state index is 0.241. The number of anilines is 1. The van der Waals surface area contributed by atoms with Gasteiger partial charge in [-0.25, -0.2) is 4.68 Å². The fourth-order valence-corrected chi connectivity index (χ4v) is 3.00. The Bertz CT molecular complexity index is 1000. The predicted octanol–water partition coefficient (Wildman–Crippen LogP) is 3.01. The van der Waals surface area contributed by atoms with E-state index in [9.17, 15) is 9.59 Å². The summed E-state index contributed by atoms with van der Waals surface area (Å²) in [5.74, 6) is -0.546. The smallest absolute Gasteiger partial charge is 0.260 e. The Morgan fingerprint density at radius 2 is 1.93 bits per heavy atom. The van der Waals surface area contributed by atoms with E-state index in [0.717, 1.165) is 5.56 Å². The molecule has 0 atom stereocenters. The number of nitrogens with two attached hydrogens (primary N) is 1. The first-order valence-corrected chi connectivity index (χ1v) is 8.91. The average molecular weight is 399 g/mol. The van der Waals surface area contributed by atoms with Crippen LogP contribution in [0, 0.1) is 6.92 Å². The molecule has 0 spiro atoms. The average Bonchev–Trinajstić information content (AvgIpc) is 2.94. The maximum atomic E-state index is 12.7. The maximum Gasteiger partial charge on any atom is 0.260 e. The first-order chi connectivity index (χ1) is 13.4. The molecular formula is C20H19ClN4O3. The van der Waals surface area contributed by atoms with E-state index in [1.165, 1.54) is 0 Å². The normalized spacial score (nSPS) is 10.5.